The average Bonchev–Trinajstić information content (AvgIpc) is 3.03. The molecule has 188 valence electrons. The van der Waals surface area contributed by atoms with Crippen LogP contribution in [0.15, 0.2) is 53.4 Å². The molecule has 1 aliphatic heterocycles. The molecular weight excluding hydrogens is 473 g/mol. The number of hydrogen-bond donors (Lipinski definition) is 1. The second-order valence-electron chi connectivity index (χ2n) is 8.62. The van der Waals surface area contributed by atoms with Crippen molar-refractivity contribution in [1.29, 1.82) is 0 Å². The summed E-state index contributed by atoms with van der Waals surface area (Å²) in [5.41, 5.74) is 0.766. The van der Waals surface area contributed by atoms with Crippen LogP contribution in [0.4, 0.5) is 4.39 Å². The van der Waals surface area contributed by atoms with E-state index in [-0.39, 0.29) is 54.2 Å². The van der Waals surface area contributed by atoms with Gasteiger partial charge in [0.15, 0.2) is 0 Å². The molecule has 0 saturated carbocycles. The normalized spacial score (nSPS) is 15.9. The van der Waals surface area contributed by atoms with Gasteiger partial charge in [-0.25, -0.2) is 17.1 Å². The van der Waals surface area contributed by atoms with Crippen molar-refractivity contribution in [2.24, 2.45) is 0 Å². The Labute approximate surface area is 205 Å². The van der Waals surface area contributed by atoms with Crippen LogP contribution >= 0.6 is 0 Å². The highest BCUT2D eigenvalue weighted by Gasteiger charge is 2.40. The van der Waals surface area contributed by atoms with Crippen LogP contribution in [0.1, 0.15) is 56.0 Å². The number of carbonyl (C=O) groups excluding carboxylic acids is 3. The summed E-state index contributed by atoms with van der Waals surface area (Å²) in [7, 11) is -3.95. The van der Waals surface area contributed by atoms with E-state index in [0.29, 0.717) is 5.56 Å². The lowest BCUT2D eigenvalue weighted by atomic mass is 10.1. The molecule has 3 amide bonds. The van der Waals surface area contributed by atoms with Gasteiger partial charge in [-0.3, -0.25) is 14.4 Å². The third kappa shape index (κ3) is 5.87. The molecule has 0 bridgehead atoms. The van der Waals surface area contributed by atoms with E-state index in [1.165, 1.54) is 29.2 Å². The van der Waals surface area contributed by atoms with Gasteiger partial charge >= 0.3 is 0 Å². The predicted octanol–water partition coefficient (Wildman–Crippen LogP) is 3.08. The topological polar surface area (TPSA) is 104 Å². The zero-order valence-electron chi connectivity index (χ0n) is 20.0. The van der Waals surface area contributed by atoms with Crippen LogP contribution in [0.2, 0.25) is 0 Å². The van der Waals surface area contributed by atoms with Crippen molar-refractivity contribution in [3.8, 4) is 0 Å². The molecule has 8 nitrogen and oxygen atoms in total. The van der Waals surface area contributed by atoms with Crippen LogP contribution < -0.4 is 5.32 Å². The van der Waals surface area contributed by atoms with Crippen LogP contribution in [0.5, 0.6) is 0 Å². The minimum absolute atomic E-state index is 0.0374. The van der Waals surface area contributed by atoms with Crippen molar-refractivity contribution in [1.82, 2.24) is 14.5 Å². The molecule has 1 aliphatic rings. The molecule has 0 aromatic heterocycles. The first-order chi connectivity index (χ1) is 16.6. The quantitative estimate of drug-likeness (QED) is 0.537. The van der Waals surface area contributed by atoms with E-state index in [1.807, 2.05) is 13.8 Å². The number of halogens is 1. The van der Waals surface area contributed by atoms with Crippen molar-refractivity contribution in [3.05, 3.63) is 65.5 Å². The van der Waals surface area contributed by atoms with Crippen LogP contribution in [0, 0.1) is 5.82 Å². The Kier molecular flexibility index (Phi) is 8.26. The van der Waals surface area contributed by atoms with Crippen LogP contribution in [0.25, 0.3) is 0 Å². The summed E-state index contributed by atoms with van der Waals surface area (Å²) in [4.78, 5) is 39.9. The van der Waals surface area contributed by atoms with Crippen LogP contribution in [-0.2, 0) is 26.2 Å². The molecule has 0 unspecified atom stereocenters. The maximum atomic E-state index is 13.3. The molecule has 0 radical (unpaired) electrons. The maximum absolute atomic E-state index is 13.3. The second-order valence-corrected chi connectivity index (χ2v) is 10.5. The molecular formula is C25H30FN3O5S. The third-order valence-electron chi connectivity index (χ3n) is 6.10. The van der Waals surface area contributed by atoms with E-state index >= 15 is 0 Å². The summed E-state index contributed by atoms with van der Waals surface area (Å²) < 4.78 is 39.6. The number of hydrogen-bond acceptors (Lipinski definition) is 5. The van der Waals surface area contributed by atoms with Gasteiger partial charge in [0.1, 0.15) is 16.8 Å². The summed E-state index contributed by atoms with van der Waals surface area (Å²) in [6, 6.07) is 10.8. The number of nitrogens with zero attached hydrogens (tertiary/aromatic N) is 2. The number of rotatable bonds is 10. The van der Waals surface area contributed by atoms with E-state index in [9.17, 15) is 27.2 Å². The van der Waals surface area contributed by atoms with Gasteiger partial charge in [0.2, 0.25) is 11.8 Å². The summed E-state index contributed by atoms with van der Waals surface area (Å²) in [5, 5.41) is 2.86. The molecule has 0 fully saturated rings. The fraction of sp³-hybridized carbons (Fsp3) is 0.400. The molecule has 1 N–H and O–H groups in total. The number of fused-ring (bicyclic) bond motifs is 1. The molecule has 2 aromatic rings. The molecule has 3 rings (SSSR count). The lowest BCUT2D eigenvalue weighted by Gasteiger charge is -2.30. The van der Waals surface area contributed by atoms with Gasteiger partial charge in [0.25, 0.3) is 15.9 Å². The molecule has 0 spiro atoms. The molecule has 2 atom stereocenters. The third-order valence-corrected chi connectivity index (χ3v) is 7.94. The highest BCUT2D eigenvalue weighted by Crippen LogP contribution is 2.30. The van der Waals surface area contributed by atoms with E-state index in [1.54, 1.807) is 31.2 Å². The molecule has 2 aromatic carbocycles. The van der Waals surface area contributed by atoms with Crippen LogP contribution in [-0.4, -0.2) is 54.0 Å². The Balaban J connectivity index is 1.71. The van der Waals surface area contributed by atoms with Crippen molar-refractivity contribution < 1.29 is 27.2 Å². The van der Waals surface area contributed by atoms with Gasteiger partial charge in [-0.05, 0) is 56.5 Å². The highest BCUT2D eigenvalue weighted by atomic mass is 32.2. The van der Waals surface area contributed by atoms with E-state index in [4.69, 9.17) is 0 Å². The number of carbonyl (C=O) groups is 3. The van der Waals surface area contributed by atoms with Crippen LogP contribution in [0.3, 0.4) is 0 Å². The standard InChI is InChI=1S/C25H30FN3O5S/c1-4-17(2)27-24(31)18(3)28(16-19-11-13-20(26)14-12-19)23(30)10-7-15-29-25(32)21-8-5-6-9-22(21)35(29,33)34/h5-6,8-9,11-14,17-18H,4,7,10,15-16H2,1-3H3,(H,27,31)/t17-,18+/m1/s1. The second kappa shape index (κ2) is 11.0. The maximum Gasteiger partial charge on any atom is 0.269 e. The lowest BCUT2D eigenvalue weighted by Crippen LogP contribution is -2.49. The molecule has 0 aliphatic carbocycles. The molecule has 0 saturated heterocycles. The fourth-order valence-electron chi connectivity index (χ4n) is 3.80. The molecule has 35 heavy (non-hydrogen) atoms. The van der Waals surface area contributed by atoms with Gasteiger partial charge in [0.05, 0.1) is 5.56 Å². The zero-order chi connectivity index (χ0) is 25.8. The summed E-state index contributed by atoms with van der Waals surface area (Å²) in [6.07, 6.45) is 0.750. The highest BCUT2D eigenvalue weighted by molar-refractivity contribution is 7.90. The average molecular weight is 504 g/mol. The number of amides is 3. The SMILES string of the molecule is CC[C@@H](C)NC(=O)[C@H](C)N(Cc1ccc(F)cc1)C(=O)CCCN1C(=O)c2ccccc2S1(=O)=O. The first-order valence-electron chi connectivity index (χ1n) is 11.6. The summed E-state index contributed by atoms with van der Waals surface area (Å²) >= 11 is 0. The van der Waals surface area contributed by atoms with Crippen molar-refractivity contribution in [3.63, 3.8) is 0 Å². The Bertz CT molecular complexity index is 1200. The molecule has 1 heterocycles. The Morgan fingerprint density at radius 2 is 1.74 bits per heavy atom. The van der Waals surface area contributed by atoms with Gasteiger partial charge in [-0.2, -0.15) is 0 Å². The van der Waals surface area contributed by atoms with E-state index in [2.05, 4.69) is 5.32 Å². The van der Waals surface area contributed by atoms with Crippen molar-refractivity contribution >= 4 is 27.7 Å². The van der Waals surface area contributed by atoms with Gasteiger partial charge in [-0.15, -0.1) is 0 Å². The predicted molar refractivity (Wildman–Crippen MR) is 128 cm³/mol. The smallest absolute Gasteiger partial charge is 0.269 e. The summed E-state index contributed by atoms with van der Waals surface area (Å²) in [6.45, 7) is 5.34. The van der Waals surface area contributed by atoms with E-state index in [0.717, 1.165) is 10.7 Å². The van der Waals surface area contributed by atoms with Gasteiger partial charge in [-0.1, -0.05) is 31.2 Å². The zero-order valence-corrected chi connectivity index (χ0v) is 20.8. The Hall–Kier alpha value is -3.27. The van der Waals surface area contributed by atoms with E-state index < -0.39 is 27.8 Å². The minimum atomic E-state index is -3.95. The Morgan fingerprint density at radius 1 is 1.09 bits per heavy atom. The lowest BCUT2D eigenvalue weighted by molar-refractivity contribution is -0.141. The number of sulfonamides is 1. The number of benzene rings is 2. The summed E-state index contributed by atoms with van der Waals surface area (Å²) in [5.74, 6) is -1.71. The first kappa shape index (κ1) is 26.3. The largest absolute Gasteiger partial charge is 0.352 e. The fourth-order valence-corrected chi connectivity index (χ4v) is 5.41. The van der Waals surface area contributed by atoms with Gasteiger partial charge < -0.3 is 10.2 Å². The monoisotopic (exact) mass is 503 g/mol. The Morgan fingerprint density at radius 3 is 2.37 bits per heavy atom. The number of nitrogens with one attached hydrogen (secondary N) is 1. The van der Waals surface area contributed by atoms with Crippen molar-refractivity contribution in [2.75, 3.05) is 6.54 Å². The molecule has 10 heteroatoms. The van der Waals surface area contributed by atoms with Crippen molar-refractivity contribution in [2.45, 2.75) is 63.6 Å². The van der Waals surface area contributed by atoms with Gasteiger partial charge in [0, 0.05) is 25.6 Å². The first-order valence-corrected chi connectivity index (χ1v) is 13.0. The minimum Gasteiger partial charge on any atom is -0.352 e.